The van der Waals surface area contributed by atoms with E-state index in [-0.39, 0.29) is 0 Å². The Balaban J connectivity index is 2.18. The Morgan fingerprint density at radius 1 is 1.64 bits per heavy atom. The van der Waals surface area contributed by atoms with Crippen molar-refractivity contribution in [3.05, 3.63) is 12.2 Å². The van der Waals surface area contributed by atoms with Crippen molar-refractivity contribution in [1.29, 1.82) is 0 Å². The third-order valence-corrected chi connectivity index (χ3v) is 2.63. The van der Waals surface area contributed by atoms with Crippen molar-refractivity contribution in [1.82, 2.24) is 10.2 Å². The van der Waals surface area contributed by atoms with E-state index in [1.165, 1.54) is 5.57 Å². The number of nitrogens with one attached hydrogen (secondary N) is 1. The molecule has 1 heterocycles. The molecule has 1 atom stereocenters. The Morgan fingerprint density at radius 3 is 3.00 bits per heavy atom. The predicted molar refractivity (Wildman–Crippen MR) is 59.5 cm³/mol. The SMILES string of the molecule is C=C(CNCC)CN(C)C1CCOC1. The molecule has 0 radical (unpaired) electrons. The Labute approximate surface area is 87.1 Å². The van der Waals surface area contributed by atoms with Gasteiger partial charge in [0.1, 0.15) is 0 Å². The van der Waals surface area contributed by atoms with Gasteiger partial charge in [0.25, 0.3) is 0 Å². The topological polar surface area (TPSA) is 24.5 Å². The quantitative estimate of drug-likeness (QED) is 0.641. The molecule has 0 aliphatic carbocycles. The lowest BCUT2D eigenvalue weighted by Crippen LogP contribution is -2.35. The van der Waals surface area contributed by atoms with Crippen LogP contribution in [0.1, 0.15) is 13.3 Å². The lowest BCUT2D eigenvalue weighted by molar-refractivity contribution is 0.163. The first kappa shape index (κ1) is 11.7. The summed E-state index contributed by atoms with van der Waals surface area (Å²) in [7, 11) is 2.15. The maximum Gasteiger partial charge on any atom is 0.0622 e. The van der Waals surface area contributed by atoms with E-state index >= 15 is 0 Å². The zero-order valence-electron chi connectivity index (χ0n) is 9.38. The van der Waals surface area contributed by atoms with Crippen LogP contribution in [0.5, 0.6) is 0 Å². The molecule has 1 N–H and O–H groups in total. The molecule has 0 bridgehead atoms. The van der Waals surface area contributed by atoms with Gasteiger partial charge < -0.3 is 10.1 Å². The summed E-state index contributed by atoms with van der Waals surface area (Å²) < 4.78 is 5.35. The van der Waals surface area contributed by atoms with Gasteiger partial charge in [-0.25, -0.2) is 0 Å². The maximum absolute atomic E-state index is 5.35. The molecular weight excluding hydrogens is 176 g/mol. The van der Waals surface area contributed by atoms with E-state index in [2.05, 4.69) is 30.8 Å². The van der Waals surface area contributed by atoms with Crippen LogP contribution in [-0.4, -0.2) is 50.8 Å². The smallest absolute Gasteiger partial charge is 0.0622 e. The molecule has 1 unspecified atom stereocenters. The first-order chi connectivity index (χ1) is 6.74. The van der Waals surface area contributed by atoms with Gasteiger partial charge in [-0.15, -0.1) is 0 Å². The van der Waals surface area contributed by atoms with Crippen molar-refractivity contribution in [2.24, 2.45) is 0 Å². The normalized spacial score (nSPS) is 21.8. The van der Waals surface area contributed by atoms with Gasteiger partial charge in [0.15, 0.2) is 0 Å². The van der Waals surface area contributed by atoms with Crippen LogP contribution in [0.3, 0.4) is 0 Å². The minimum atomic E-state index is 0.591. The third-order valence-electron chi connectivity index (χ3n) is 2.63. The van der Waals surface area contributed by atoms with Gasteiger partial charge in [-0.2, -0.15) is 0 Å². The van der Waals surface area contributed by atoms with Crippen LogP contribution in [0.4, 0.5) is 0 Å². The summed E-state index contributed by atoms with van der Waals surface area (Å²) in [5, 5.41) is 3.29. The highest BCUT2D eigenvalue weighted by Gasteiger charge is 2.20. The molecule has 14 heavy (non-hydrogen) atoms. The van der Waals surface area contributed by atoms with E-state index in [1.807, 2.05) is 0 Å². The Morgan fingerprint density at radius 2 is 2.43 bits per heavy atom. The minimum absolute atomic E-state index is 0.591. The summed E-state index contributed by atoms with van der Waals surface area (Å²) in [4.78, 5) is 2.34. The number of hydrogen-bond acceptors (Lipinski definition) is 3. The highest BCUT2D eigenvalue weighted by atomic mass is 16.5. The second-order valence-electron chi connectivity index (χ2n) is 3.96. The number of hydrogen-bond donors (Lipinski definition) is 1. The second-order valence-corrected chi connectivity index (χ2v) is 3.96. The zero-order valence-corrected chi connectivity index (χ0v) is 9.38. The highest BCUT2D eigenvalue weighted by molar-refractivity contribution is 5.00. The summed E-state index contributed by atoms with van der Waals surface area (Å²) in [6, 6.07) is 0.591. The maximum atomic E-state index is 5.35. The van der Waals surface area contributed by atoms with Gasteiger partial charge in [-0.3, -0.25) is 4.90 Å². The van der Waals surface area contributed by atoms with Crippen molar-refractivity contribution in [2.75, 3.05) is 39.9 Å². The molecule has 1 aliphatic rings. The standard InChI is InChI=1S/C11H22N2O/c1-4-12-7-10(2)8-13(3)11-5-6-14-9-11/h11-12H,2,4-9H2,1,3H3. The largest absolute Gasteiger partial charge is 0.380 e. The van der Waals surface area contributed by atoms with Gasteiger partial charge in [0.05, 0.1) is 6.61 Å². The number of rotatable bonds is 6. The van der Waals surface area contributed by atoms with Crippen molar-refractivity contribution >= 4 is 0 Å². The first-order valence-electron chi connectivity index (χ1n) is 5.39. The van der Waals surface area contributed by atoms with E-state index in [4.69, 9.17) is 4.74 Å². The van der Waals surface area contributed by atoms with E-state index in [0.29, 0.717) is 6.04 Å². The van der Waals surface area contributed by atoms with Gasteiger partial charge in [0.2, 0.25) is 0 Å². The molecule has 1 rings (SSSR count). The van der Waals surface area contributed by atoms with Gasteiger partial charge in [-0.1, -0.05) is 13.5 Å². The Bertz CT molecular complexity index is 176. The molecule has 3 nitrogen and oxygen atoms in total. The lowest BCUT2D eigenvalue weighted by Gasteiger charge is -2.23. The van der Waals surface area contributed by atoms with Gasteiger partial charge in [0, 0.05) is 25.7 Å². The number of nitrogens with zero attached hydrogens (tertiary/aromatic N) is 1. The monoisotopic (exact) mass is 198 g/mol. The van der Waals surface area contributed by atoms with Crippen LogP contribution in [0.25, 0.3) is 0 Å². The molecule has 0 aromatic carbocycles. The van der Waals surface area contributed by atoms with Crippen LogP contribution in [0, 0.1) is 0 Å². The molecule has 1 fully saturated rings. The Kier molecular flexibility index (Phi) is 5.15. The van der Waals surface area contributed by atoms with Crippen LogP contribution < -0.4 is 5.32 Å². The second kappa shape index (κ2) is 6.17. The number of ether oxygens (including phenoxy) is 1. The summed E-state index contributed by atoms with van der Waals surface area (Å²) in [5.41, 5.74) is 1.25. The molecule has 0 aromatic rings. The molecule has 3 heteroatoms. The fourth-order valence-electron chi connectivity index (χ4n) is 1.71. The molecule has 0 amide bonds. The third kappa shape index (κ3) is 3.78. The average molecular weight is 198 g/mol. The molecule has 1 saturated heterocycles. The van der Waals surface area contributed by atoms with Crippen molar-refractivity contribution < 1.29 is 4.74 Å². The summed E-state index contributed by atoms with van der Waals surface area (Å²) >= 11 is 0. The zero-order chi connectivity index (χ0) is 10.4. The fourth-order valence-corrected chi connectivity index (χ4v) is 1.71. The first-order valence-corrected chi connectivity index (χ1v) is 5.39. The van der Waals surface area contributed by atoms with Crippen molar-refractivity contribution in [2.45, 2.75) is 19.4 Å². The van der Waals surface area contributed by atoms with Crippen LogP contribution in [0.15, 0.2) is 12.2 Å². The molecule has 82 valence electrons. The highest BCUT2D eigenvalue weighted by Crippen LogP contribution is 2.11. The van der Waals surface area contributed by atoms with Crippen LogP contribution in [0.2, 0.25) is 0 Å². The average Bonchev–Trinajstić information content (AvgIpc) is 2.67. The van der Waals surface area contributed by atoms with E-state index in [0.717, 1.165) is 39.3 Å². The van der Waals surface area contributed by atoms with Crippen molar-refractivity contribution in [3.63, 3.8) is 0 Å². The van der Waals surface area contributed by atoms with Crippen LogP contribution >= 0.6 is 0 Å². The van der Waals surface area contributed by atoms with Gasteiger partial charge in [-0.05, 0) is 25.6 Å². The molecule has 0 saturated carbocycles. The summed E-state index contributed by atoms with van der Waals surface area (Å²) in [6.45, 7) is 10.9. The molecule has 0 spiro atoms. The molecular formula is C11H22N2O. The van der Waals surface area contributed by atoms with Gasteiger partial charge >= 0.3 is 0 Å². The van der Waals surface area contributed by atoms with Crippen LogP contribution in [-0.2, 0) is 4.74 Å². The van der Waals surface area contributed by atoms with E-state index < -0.39 is 0 Å². The molecule has 1 aliphatic heterocycles. The van der Waals surface area contributed by atoms with E-state index in [9.17, 15) is 0 Å². The summed E-state index contributed by atoms with van der Waals surface area (Å²) in [5.74, 6) is 0. The molecule has 0 aromatic heterocycles. The number of likely N-dealkylation sites (N-methyl/N-ethyl adjacent to an activating group) is 2. The minimum Gasteiger partial charge on any atom is -0.380 e. The fraction of sp³-hybridized carbons (Fsp3) is 0.818. The summed E-state index contributed by atoms with van der Waals surface area (Å²) in [6.07, 6.45) is 1.16. The Hall–Kier alpha value is -0.380. The van der Waals surface area contributed by atoms with E-state index in [1.54, 1.807) is 0 Å². The lowest BCUT2D eigenvalue weighted by atomic mass is 10.2. The van der Waals surface area contributed by atoms with Crippen molar-refractivity contribution in [3.8, 4) is 0 Å². The predicted octanol–water partition coefficient (Wildman–Crippen LogP) is 0.873.